The summed E-state index contributed by atoms with van der Waals surface area (Å²) < 4.78 is 26.3. The maximum atomic E-state index is 10.8. The zero-order valence-corrected chi connectivity index (χ0v) is 8.66. The number of hydrogen-bond donors (Lipinski definition) is 1. The Morgan fingerprint density at radius 2 is 1.75 bits per heavy atom. The topological polar surface area (TPSA) is 69.4 Å². The van der Waals surface area contributed by atoms with Crippen LogP contribution in [0.5, 0.6) is 5.75 Å². The average Bonchev–Trinajstić information content (AvgIpc) is 2.03. The molecule has 0 saturated heterocycles. The van der Waals surface area contributed by atoms with E-state index in [9.17, 15) is 8.42 Å². The van der Waals surface area contributed by atoms with Gasteiger partial charge in [-0.25, -0.2) is 0 Å². The summed E-state index contributed by atoms with van der Waals surface area (Å²) in [6, 6.07) is 5.83. The van der Waals surface area contributed by atoms with Gasteiger partial charge in [0.25, 0.3) is 0 Å². The van der Waals surface area contributed by atoms with Gasteiger partial charge in [0.15, 0.2) is 0 Å². The van der Waals surface area contributed by atoms with Crippen LogP contribution in [0.15, 0.2) is 29.2 Å². The molecular weight excluding hydrogens is 245 g/mol. The second kappa shape index (κ2) is 3.45. The third kappa shape index (κ3) is 2.22. The van der Waals surface area contributed by atoms with Gasteiger partial charge >= 0.3 is 78.7 Å². The number of sulfonamides is 1. The number of rotatable bonds is 2. The first-order chi connectivity index (χ1) is 5.54. The quantitative estimate of drug-likeness (QED) is 0.723. The molecule has 66 valence electrons. The molecule has 6 heteroatoms. The van der Waals surface area contributed by atoms with Gasteiger partial charge in [0, 0.05) is 0 Å². The average molecular weight is 252 g/mol. The Hall–Kier alpha value is -0.551. The first kappa shape index (κ1) is 9.54. The third-order valence-electron chi connectivity index (χ3n) is 1.26. The second-order valence-electron chi connectivity index (χ2n) is 2.11. The molecule has 4 nitrogen and oxygen atoms in total. The van der Waals surface area contributed by atoms with E-state index in [0.29, 0.717) is 5.75 Å². The molecule has 0 aliphatic heterocycles. The molecule has 2 N–H and O–H groups in total. The van der Waals surface area contributed by atoms with Crippen molar-refractivity contribution < 1.29 is 12.2 Å². The predicted molar refractivity (Wildman–Crippen MR) is 45.6 cm³/mol. The van der Waals surface area contributed by atoms with Crippen LogP contribution in [-0.2, 0) is 10.0 Å². The Bertz CT molecular complexity index is 359. The van der Waals surface area contributed by atoms with E-state index in [0.717, 1.165) is 0 Å². The van der Waals surface area contributed by atoms with Gasteiger partial charge < -0.3 is 0 Å². The normalized spacial score (nSPS) is 11.2. The fraction of sp³-hybridized carbons (Fsp3) is 0. The molecule has 0 heterocycles. The van der Waals surface area contributed by atoms with Crippen LogP contribution in [0.25, 0.3) is 0 Å². The molecule has 0 radical (unpaired) electrons. The van der Waals surface area contributed by atoms with Crippen LogP contribution < -0.4 is 8.96 Å². The van der Waals surface area contributed by atoms with Crippen LogP contribution in [-0.4, -0.2) is 24.8 Å². The van der Waals surface area contributed by atoms with Gasteiger partial charge in [0.2, 0.25) is 0 Å². The van der Waals surface area contributed by atoms with Crippen LogP contribution in [0.4, 0.5) is 0 Å². The summed E-state index contributed by atoms with van der Waals surface area (Å²) in [5, 5.41) is 4.88. The van der Waals surface area contributed by atoms with E-state index in [1.807, 2.05) is 16.3 Å². The first-order valence-electron chi connectivity index (χ1n) is 2.98. The monoisotopic (exact) mass is 253 g/mol. The number of hydrogen-bond acceptors (Lipinski definition) is 3. The van der Waals surface area contributed by atoms with E-state index < -0.39 is 10.0 Å². The van der Waals surface area contributed by atoms with Crippen molar-refractivity contribution in [2.24, 2.45) is 5.14 Å². The Labute approximate surface area is 78.9 Å². The molecule has 0 amide bonds. The van der Waals surface area contributed by atoms with E-state index in [1.165, 1.54) is 24.3 Å². The van der Waals surface area contributed by atoms with Crippen molar-refractivity contribution >= 4 is 26.4 Å². The third-order valence-corrected chi connectivity index (χ3v) is 2.63. The van der Waals surface area contributed by atoms with Crippen LogP contribution >= 0.6 is 0 Å². The van der Waals surface area contributed by atoms with Crippen LogP contribution in [0, 0.1) is 0 Å². The summed E-state index contributed by atoms with van der Waals surface area (Å²) in [5.41, 5.74) is 0. The Morgan fingerprint density at radius 1 is 1.25 bits per heavy atom. The summed E-state index contributed by atoms with van der Waals surface area (Å²) in [6.07, 6.45) is 0. The molecule has 1 aromatic rings. The molecule has 0 saturated carbocycles. The molecule has 0 atom stereocenters. The van der Waals surface area contributed by atoms with Crippen molar-refractivity contribution in [1.29, 1.82) is 0 Å². The fourth-order valence-electron chi connectivity index (χ4n) is 0.690. The van der Waals surface area contributed by atoms with Crippen LogP contribution in [0.2, 0.25) is 0 Å². The summed E-state index contributed by atoms with van der Waals surface area (Å²) in [6.45, 7) is 0. The van der Waals surface area contributed by atoms with E-state index in [2.05, 4.69) is 0 Å². The molecule has 0 fully saturated rings. The van der Waals surface area contributed by atoms with E-state index in [4.69, 9.17) is 8.96 Å². The number of nitrogens with two attached hydrogens (primary N) is 1. The Morgan fingerprint density at radius 3 is 2.08 bits per heavy atom. The van der Waals surface area contributed by atoms with Crippen molar-refractivity contribution in [1.82, 2.24) is 0 Å². The molecule has 12 heavy (non-hydrogen) atoms. The maximum absolute atomic E-state index is 10.8. The zero-order chi connectivity index (χ0) is 9.19. The van der Waals surface area contributed by atoms with E-state index in [-0.39, 0.29) is 4.90 Å². The molecule has 0 aliphatic carbocycles. The van der Waals surface area contributed by atoms with E-state index in [1.54, 1.807) is 0 Å². The van der Waals surface area contributed by atoms with Crippen LogP contribution in [0.3, 0.4) is 0 Å². The summed E-state index contributed by atoms with van der Waals surface area (Å²) in [5.74, 6) is 0.572. The van der Waals surface area contributed by atoms with Crippen molar-refractivity contribution in [3.05, 3.63) is 24.3 Å². The van der Waals surface area contributed by atoms with Gasteiger partial charge in [0.1, 0.15) is 0 Å². The van der Waals surface area contributed by atoms with Gasteiger partial charge in [-0.1, -0.05) is 0 Å². The van der Waals surface area contributed by atoms with Gasteiger partial charge in [-0.2, -0.15) is 0 Å². The number of primary sulfonamides is 1. The molecule has 0 aromatic heterocycles. The Kier molecular flexibility index (Phi) is 2.74. The summed E-state index contributed by atoms with van der Waals surface area (Å²) in [7, 11) is -3.59. The van der Waals surface area contributed by atoms with Gasteiger partial charge in [0.05, 0.1) is 0 Å². The van der Waals surface area contributed by atoms with Crippen molar-refractivity contribution in [3.63, 3.8) is 0 Å². The fourth-order valence-corrected chi connectivity index (χ4v) is 1.46. The molecule has 0 unspecified atom stereocenters. The number of benzene rings is 1. The molecular formula is C6H7NO3SSe. The standard InChI is InChI=1S/C6H7NO3SSe/c7-11(8,9)6-3-1-5(10-12)2-4-6/h1-4,12H,(H2,7,8,9). The van der Waals surface area contributed by atoms with Crippen molar-refractivity contribution in [2.45, 2.75) is 4.90 Å². The molecule has 0 bridgehead atoms. The summed E-state index contributed by atoms with van der Waals surface area (Å²) >= 11 is 1.92. The first-order valence-corrected chi connectivity index (χ1v) is 5.29. The SMILES string of the molecule is NS(=O)(=O)c1ccc(O[SeH])cc1. The minimum absolute atomic E-state index is 0.0794. The minimum atomic E-state index is -3.59. The molecule has 0 aliphatic rings. The molecule has 0 spiro atoms. The Balaban J connectivity index is 3.09. The molecule has 1 aromatic carbocycles. The van der Waals surface area contributed by atoms with E-state index >= 15 is 0 Å². The van der Waals surface area contributed by atoms with Gasteiger partial charge in [-0.3, -0.25) is 0 Å². The van der Waals surface area contributed by atoms with Gasteiger partial charge in [-0.05, 0) is 0 Å². The predicted octanol–water partition coefficient (Wildman–Crippen LogP) is -0.471. The summed E-state index contributed by atoms with van der Waals surface area (Å²) in [4.78, 5) is 0.0794. The molecule has 1 rings (SSSR count). The van der Waals surface area contributed by atoms with Crippen LogP contribution in [0.1, 0.15) is 0 Å². The van der Waals surface area contributed by atoms with Crippen molar-refractivity contribution in [2.75, 3.05) is 0 Å². The zero-order valence-electron chi connectivity index (χ0n) is 5.97. The van der Waals surface area contributed by atoms with Crippen molar-refractivity contribution in [3.8, 4) is 5.75 Å². The van der Waals surface area contributed by atoms with Gasteiger partial charge in [-0.15, -0.1) is 0 Å². The second-order valence-corrected chi connectivity index (χ2v) is 4.05.